The van der Waals surface area contributed by atoms with E-state index in [1.54, 1.807) is 0 Å². The van der Waals surface area contributed by atoms with Crippen LogP contribution in [0.3, 0.4) is 0 Å². The van der Waals surface area contributed by atoms with Gasteiger partial charge in [0.1, 0.15) is 0 Å². The molecule has 0 aromatic carbocycles. The SMILES string of the molecule is CCCNC(CCC)Cc1nc(N(C)C)no1. The van der Waals surface area contributed by atoms with Crippen LogP contribution < -0.4 is 10.2 Å². The van der Waals surface area contributed by atoms with Crippen LogP contribution in [0.4, 0.5) is 5.95 Å². The second-order valence-electron chi connectivity index (χ2n) is 4.53. The third kappa shape index (κ3) is 4.73. The minimum absolute atomic E-state index is 0.440. The van der Waals surface area contributed by atoms with Gasteiger partial charge in [-0.1, -0.05) is 20.3 Å². The molecule has 0 aliphatic heterocycles. The fraction of sp³-hybridized carbons (Fsp3) is 0.833. The summed E-state index contributed by atoms with van der Waals surface area (Å²) < 4.78 is 5.24. The minimum atomic E-state index is 0.440. The number of rotatable bonds is 8. The number of nitrogens with one attached hydrogen (secondary N) is 1. The molecule has 98 valence electrons. The summed E-state index contributed by atoms with van der Waals surface area (Å²) in [4.78, 5) is 6.20. The van der Waals surface area contributed by atoms with Crippen molar-refractivity contribution in [1.82, 2.24) is 15.5 Å². The van der Waals surface area contributed by atoms with E-state index in [2.05, 4.69) is 29.3 Å². The third-order valence-corrected chi connectivity index (χ3v) is 2.60. The molecule has 0 aliphatic carbocycles. The summed E-state index contributed by atoms with van der Waals surface area (Å²) in [6.45, 7) is 5.41. The van der Waals surface area contributed by atoms with Crippen molar-refractivity contribution in [3.8, 4) is 0 Å². The number of aromatic nitrogens is 2. The minimum Gasteiger partial charge on any atom is -0.344 e. The molecular weight excluding hydrogens is 216 g/mol. The molecule has 1 atom stereocenters. The highest BCUT2D eigenvalue weighted by Gasteiger charge is 2.14. The van der Waals surface area contributed by atoms with Gasteiger partial charge in [-0.15, -0.1) is 0 Å². The second-order valence-corrected chi connectivity index (χ2v) is 4.53. The number of anilines is 1. The average molecular weight is 240 g/mol. The highest BCUT2D eigenvalue weighted by molar-refractivity contribution is 5.23. The van der Waals surface area contributed by atoms with Crippen molar-refractivity contribution in [2.24, 2.45) is 0 Å². The molecule has 0 aliphatic rings. The van der Waals surface area contributed by atoms with Crippen molar-refractivity contribution < 1.29 is 4.52 Å². The van der Waals surface area contributed by atoms with Crippen molar-refractivity contribution in [2.45, 2.75) is 45.6 Å². The fourth-order valence-corrected chi connectivity index (χ4v) is 1.69. The van der Waals surface area contributed by atoms with Crippen LogP contribution in [0.2, 0.25) is 0 Å². The van der Waals surface area contributed by atoms with E-state index in [-0.39, 0.29) is 0 Å². The Bertz CT molecular complexity index is 311. The van der Waals surface area contributed by atoms with Gasteiger partial charge in [-0.25, -0.2) is 0 Å². The zero-order valence-electron chi connectivity index (χ0n) is 11.4. The molecule has 1 unspecified atom stereocenters. The lowest BCUT2D eigenvalue weighted by molar-refractivity contribution is 0.350. The van der Waals surface area contributed by atoms with Gasteiger partial charge in [0.2, 0.25) is 5.89 Å². The summed E-state index contributed by atoms with van der Waals surface area (Å²) >= 11 is 0. The lowest BCUT2D eigenvalue weighted by Gasteiger charge is -2.15. The van der Waals surface area contributed by atoms with E-state index in [1.165, 1.54) is 0 Å². The van der Waals surface area contributed by atoms with Gasteiger partial charge in [-0.05, 0) is 24.5 Å². The van der Waals surface area contributed by atoms with Crippen LogP contribution in [-0.4, -0.2) is 36.8 Å². The predicted octanol–water partition coefficient (Wildman–Crippen LogP) is 1.85. The Morgan fingerprint density at radius 2 is 2.06 bits per heavy atom. The van der Waals surface area contributed by atoms with Gasteiger partial charge < -0.3 is 14.7 Å². The molecule has 1 aromatic rings. The van der Waals surface area contributed by atoms with Crippen molar-refractivity contribution in [3.63, 3.8) is 0 Å². The summed E-state index contributed by atoms with van der Waals surface area (Å²) in [5.41, 5.74) is 0. The molecule has 0 saturated heterocycles. The van der Waals surface area contributed by atoms with Gasteiger partial charge >= 0.3 is 0 Å². The zero-order chi connectivity index (χ0) is 12.7. The lowest BCUT2D eigenvalue weighted by atomic mass is 10.1. The maximum absolute atomic E-state index is 5.24. The van der Waals surface area contributed by atoms with Crippen LogP contribution in [0.15, 0.2) is 4.52 Å². The molecule has 0 bridgehead atoms. The first kappa shape index (κ1) is 14.0. The molecule has 5 nitrogen and oxygen atoms in total. The monoisotopic (exact) mass is 240 g/mol. The molecule has 1 rings (SSSR count). The summed E-state index contributed by atoms with van der Waals surface area (Å²) in [7, 11) is 3.82. The van der Waals surface area contributed by atoms with Crippen molar-refractivity contribution >= 4 is 5.95 Å². The molecule has 0 saturated carbocycles. The van der Waals surface area contributed by atoms with Crippen LogP contribution in [0, 0.1) is 0 Å². The van der Waals surface area contributed by atoms with Gasteiger partial charge in [0.25, 0.3) is 5.95 Å². The molecular formula is C12H24N4O. The Labute approximate surface area is 104 Å². The maximum Gasteiger partial charge on any atom is 0.265 e. The van der Waals surface area contributed by atoms with Crippen molar-refractivity contribution in [2.75, 3.05) is 25.5 Å². The highest BCUT2D eigenvalue weighted by atomic mass is 16.5. The molecule has 1 aromatic heterocycles. The van der Waals surface area contributed by atoms with Gasteiger partial charge in [0.05, 0.1) is 0 Å². The van der Waals surface area contributed by atoms with E-state index in [0.717, 1.165) is 38.1 Å². The molecule has 5 heteroatoms. The van der Waals surface area contributed by atoms with E-state index < -0.39 is 0 Å². The lowest BCUT2D eigenvalue weighted by Crippen LogP contribution is -2.31. The Kier molecular flexibility index (Phi) is 5.97. The summed E-state index contributed by atoms with van der Waals surface area (Å²) in [5.74, 6) is 1.36. The van der Waals surface area contributed by atoms with E-state index >= 15 is 0 Å². The van der Waals surface area contributed by atoms with Gasteiger partial charge in [-0.3, -0.25) is 0 Å². The third-order valence-electron chi connectivity index (χ3n) is 2.60. The van der Waals surface area contributed by atoms with E-state index in [1.807, 2.05) is 19.0 Å². The first-order valence-corrected chi connectivity index (χ1v) is 6.40. The normalized spacial score (nSPS) is 12.7. The number of nitrogens with zero attached hydrogens (tertiary/aromatic N) is 3. The van der Waals surface area contributed by atoms with Crippen LogP contribution in [0.5, 0.6) is 0 Å². The van der Waals surface area contributed by atoms with Crippen LogP contribution in [0.1, 0.15) is 39.0 Å². The molecule has 1 heterocycles. The van der Waals surface area contributed by atoms with Crippen LogP contribution >= 0.6 is 0 Å². The standard InChI is InChI=1S/C12H24N4O/c1-5-7-10(13-8-6-2)9-11-14-12(15-17-11)16(3)4/h10,13H,5-9H2,1-4H3. The van der Waals surface area contributed by atoms with E-state index in [0.29, 0.717) is 12.0 Å². The van der Waals surface area contributed by atoms with Gasteiger partial charge in [0, 0.05) is 26.6 Å². The Balaban J connectivity index is 2.52. The Morgan fingerprint density at radius 3 is 2.59 bits per heavy atom. The molecule has 17 heavy (non-hydrogen) atoms. The number of hydrogen-bond acceptors (Lipinski definition) is 5. The first-order valence-electron chi connectivity index (χ1n) is 6.40. The van der Waals surface area contributed by atoms with E-state index in [4.69, 9.17) is 4.52 Å². The molecule has 1 N–H and O–H groups in total. The topological polar surface area (TPSA) is 54.2 Å². The highest BCUT2D eigenvalue weighted by Crippen LogP contribution is 2.10. The van der Waals surface area contributed by atoms with Crippen LogP contribution in [0.25, 0.3) is 0 Å². The summed E-state index contributed by atoms with van der Waals surface area (Å²) in [6.07, 6.45) is 4.26. The Hall–Kier alpha value is -1.10. The molecule has 0 amide bonds. The summed E-state index contributed by atoms with van der Waals surface area (Å²) in [5, 5.41) is 7.44. The van der Waals surface area contributed by atoms with Crippen LogP contribution in [-0.2, 0) is 6.42 Å². The first-order chi connectivity index (χ1) is 8.17. The summed E-state index contributed by atoms with van der Waals surface area (Å²) in [6, 6.07) is 0.440. The average Bonchev–Trinajstić information content (AvgIpc) is 2.75. The van der Waals surface area contributed by atoms with Crippen molar-refractivity contribution in [3.05, 3.63) is 5.89 Å². The zero-order valence-corrected chi connectivity index (χ0v) is 11.4. The van der Waals surface area contributed by atoms with Crippen molar-refractivity contribution in [1.29, 1.82) is 0 Å². The largest absolute Gasteiger partial charge is 0.344 e. The fourth-order valence-electron chi connectivity index (χ4n) is 1.69. The molecule has 0 fully saturated rings. The second kappa shape index (κ2) is 7.27. The maximum atomic E-state index is 5.24. The molecule has 0 radical (unpaired) electrons. The smallest absolute Gasteiger partial charge is 0.265 e. The predicted molar refractivity (Wildman–Crippen MR) is 69.3 cm³/mol. The van der Waals surface area contributed by atoms with Gasteiger partial charge in [0.15, 0.2) is 0 Å². The number of hydrogen-bond donors (Lipinski definition) is 1. The Morgan fingerprint density at radius 1 is 1.29 bits per heavy atom. The molecule has 0 spiro atoms. The van der Waals surface area contributed by atoms with Gasteiger partial charge in [-0.2, -0.15) is 4.98 Å². The van der Waals surface area contributed by atoms with E-state index in [9.17, 15) is 0 Å². The quantitative estimate of drug-likeness (QED) is 0.751.